The number of aromatic amines is 1. The van der Waals surface area contributed by atoms with E-state index in [0.29, 0.717) is 73.2 Å². The number of phenols is 1. The highest BCUT2D eigenvalue weighted by Gasteiger charge is 2.20. The van der Waals surface area contributed by atoms with Crippen LogP contribution in [0.2, 0.25) is 0 Å². The Morgan fingerprint density at radius 3 is 2.22 bits per heavy atom. The van der Waals surface area contributed by atoms with E-state index >= 15 is 0 Å². The van der Waals surface area contributed by atoms with E-state index in [9.17, 15) is 18.1 Å². The van der Waals surface area contributed by atoms with E-state index in [-0.39, 0.29) is 43.7 Å². The van der Waals surface area contributed by atoms with E-state index in [0.717, 1.165) is 5.56 Å². The average Bonchev–Trinajstić information content (AvgIpc) is 3.63. The van der Waals surface area contributed by atoms with Crippen LogP contribution in [-0.2, 0) is 28.9 Å². The second-order valence-corrected chi connectivity index (χ2v) is 14.4. The Morgan fingerprint density at radius 1 is 0.745 bits per heavy atom. The van der Waals surface area contributed by atoms with Gasteiger partial charge >= 0.3 is 0 Å². The number of H-pyrrole nitrogens is 1. The molecular formula is C35H26N6O11S3. The Kier molecular flexibility index (Phi) is 11.0. The van der Waals surface area contributed by atoms with Crippen molar-refractivity contribution >= 4 is 89.5 Å². The number of hydrogen-bond acceptors (Lipinski definition) is 17. The van der Waals surface area contributed by atoms with Gasteiger partial charge in [0.15, 0.2) is 5.75 Å². The maximum atomic E-state index is 12.1. The van der Waals surface area contributed by atoms with Crippen LogP contribution in [0.3, 0.4) is 0 Å². The highest BCUT2D eigenvalue weighted by atomic mass is 32.2. The molecule has 0 aliphatic carbocycles. The number of aromatic nitrogens is 2. The van der Waals surface area contributed by atoms with Gasteiger partial charge < -0.3 is 14.8 Å². The van der Waals surface area contributed by atoms with E-state index in [1.165, 1.54) is 31.4 Å². The van der Waals surface area contributed by atoms with Crippen LogP contribution in [0.5, 0.6) is 11.5 Å². The van der Waals surface area contributed by atoms with Crippen molar-refractivity contribution in [3.8, 4) is 22.9 Å². The van der Waals surface area contributed by atoms with Gasteiger partial charge in [-0.25, -0.2) is 15.5 Å². The minimum Gasteiger partial charge on any atom is -0.505 e. The SMILES string of the molecule is COc1cc(/N=N/c2cc(SOOO)c3cccc(S(=O)(=O)O)c3c2)c(C)cc1/N=N/c1c(SOOO)cc2c(ccc3nc(-c4ccccc4)[nH]c32)c1O. The molecule has 0 radical (unpaired) electrons. The van der Waals surface area contributed by atoms with E-state index in [1.54, 1.807) is 43.3 Å². The first kappa shape index (κ1) is 37.8. The van der Waals surface area contributed by atoms with Crippen LogP contribution in [0.25, 0.3) is 44.0 Å². The monoisotopic (exact) mass is 802 g/mol. The minimum atomic E-state index is -4.62. The van der Waals surface area contributed by atoms with E-state index in [4.69, 9.17) is 24.6 Å². The molecule has 6 aromatic carbocycles. The van der Waals surface area contributed by atoms with Gasteiger partial charge in [0.2, 0.25) is 0 Å². The molecule has 0 saturated heterocycles. The van der Waals surface area contributed by atoms with Gasteiger partial charge in [0.25, 0.3) is 10.1 Å². The molecule has 7 aromatic rings. The number of nitrogens with zero attached hydrogens (tertiary/aromatic N) is 5. The molecule has 0 fully saturated rings. The summed E-state index contributed by atoms with van der Waals surface area (Å²) in [6.45, 7) is 1.73. The normalized spacial score (nSPS) is 12.2. The smallest absolute Gasteiger partial charge is 0.295 e. The van der Waals surface area contributed by atoms with Gasteiger partial charge in [0.1, 0.15) is 27.8 Å². The first-order valence-electron chi connectivity index (χ1n) is 15.7. The second kappa shape index (κ2) is 16.1. The lowest BCUT2D eigenvalue weighted by molar-refractivity contribution is -0.432. The zero-order chi connectivity index (χ0) is 38.7. The molecule has 0 aliphatic heterocycles. The van der Waals surface area contributed by atoms with Gasteiger partial charge in [-0.1, -0.05) is 52.5 Å². The van der Waals surface area contributed by atoms with E-state index in [1.807, 2.05) is 30.3 Å². The van der Waals surface area contributed by atoms with Crippen LogP contribution in [0.15, 0.2) is 126 Å². The summed E-state index contributed by atoms with van der Waals surface area (Å²) in [7, 11) is -3.20. The number of methoxy groups -OCH3 is 1. The molecule has 0 aliphatic rings. The number of phenolic OH excluding ortho intramolecular Hbond substituents is 1. The van der Waals surface area contributed by atoms with Crippen LogP contribution >= 0.6 is 24.1 Å². The molecule has 0 bridgehead atoms. The lowest BCUT2D eigenvalue weighted by Gasteiger charge is -2.11. The number of ether oxygens (including phenoxy) is 1. The van der Waals surface area contributed by atoms with Crippen molar-refractivity contribution < 1.29 is 52.1 Å². The Labute approximate surface area is 319 Å². The molecule has 0 saturated carbocycles. The first-order chi connectivity index (χ1) is 26.6. The third kappa shape index (κ3) is 7.85. The molecule has 0 unspecified atom stereocenters. The maximum Gasteiger partial charge on any atom is 0.295 e. The zero-order valence-corrected chi connectivity index (χ0v) is 30.7. The summed E-state index contributed by atoms with van der Waals surface area (Å²) >= 11 is 1.18. The molecule has 1 heterocycles. The van der Waals surface area contributed by atoms with Crippen LogP contribution in [0, 0.1) is 6.92 Å². The molecular weight excluding hydrogens is 777 g/mol. The van der Waals surface area contributed by atoms with Crippen molar-refractivity contribution in [3.63, 3.8) is 0 Å². The maximum absolute atomic E-state index is 12.1. The number of imidazole rings is 1. The second-order valence-electron chi connectivity index (χ2n) is 11.5. The van der Waals surface area contributed by atoms with Crippen molar-refractivity contribution in [2.24, 2.45) is 20.5 Å². The van der Waals surface area contributed by atoms with Crippen molar-refractivity contribution in [1.82, 2.24) is 9.97 Å². The summed E-state index contributed by atoms with van der Waals surface area (Å²) in [6.07, 6.45) is 0. The van der Waals surface area contributed by atoms with Crippen molar-refractivity contribution in [2.75, 3.05) is 7.11 Å². The number of nitrogens with one attached hydrogen (secondary N) is 1. The Bertz CT molecular complexity index is 2750. The molecule has 7 rings (SSSR count). The van der Waals surface area contributed by atoms with Gasteiger partial charge in [0.05, 0.1) is 58.5 Å². The van der Waals surface area contributed by atoms with Gasteiger partial charge in [-0.15, -0.1) is 18.9 Å². The molecule has 17 nitrogen and oxygen atoms in total. The van der Waals surface area contributed by atoms with Gasteiger partial charge in [-0.3, -0.25) is 4.55 Å². The fourth-order valence-electron chi connectivity index (χ4n) is 5.78. The summed E-state index contributed by atoms with van der Waals surface area (Å²) in [5, 5.41) is 55.5. The molecule has 0 amide bonds. The number of hydrogen-bond donors (Lipinski definition) is 5. The predicted molar refractivity (Wildman–Crippen MR) is 202 cm³/mol. The topological polar surface area (TPSA) is 239 Å². The number of rotatable bonds is 13. The Morgan fingerprint density at radius 2 is 1.49 bits per heavy atom. The molecule has 1 aromatic heterocycles. The average molecular weight is 803 g/mol. The molecule has 0 atom stereocenters. The molecule has 20 heteroatoms. The standard InChI is InChI=1S/C35H26N6O11S3/c1-18-13-27(28(48-2)17-26(18)39-38-20-14-23-21(29(15-20)53-51-49-43)9-6-10-31(23)55(45,46)47)40-41-33-30(54-52-50-44)16-24-22(34(33)42)11-12-25-32(24)37-35(36-25)19-7-4-3-5-8-19/h3-17,42-44H,1-2H3,(H,36,37)(H,45,46,47)/b39-38+,41-40+. The zero-order valence-electron chi connectivity index (χ0n) is 28.3. The number of aromatic hydroxyl groups is 1. The van der Waals surface area contributed by atoms with Crippen molar-refractivity contribution in [1.29, 1.82) is 0 Å². The van der Waals surface area contributed by atoms with Crippen LogP contribution in [0.4, 0.5) is 22.7 Å². The largest absolute Gasteiger partial charge is 0.505 e. The first-order valence-corrected chi connectivity index (χ1v) is 18.6. The third-order valence-corrected chi connectivity index (χ3v) is 10.4. The minimum absolute atomic E-state index is 0.00462. The van der Waals surface area contributed by atoms with Gasteiger partial charge in [-0.2, -0.15) is 18.6 Å². The highest BCUT2D eigenvalue weighted by molar-refractivity contribution is 7.95. The lowest BCUT2D eigenvalue weighted by atomic mass is 10.1. The highest BCUT2D eigenvalue weighted by Crippen LogP contribution is 2.47. The summed E-state index contributed by atoms with van der Waals surface area (Å²) in [6, 6.07) is 25.1. The Balaban J connectivity index is 1.25. The summed E-state index contributed by atoms with van der Waals surface area (Å²) < 4.78 is 49.0. The summed E-state index contributed by atoms with van der Waals surface area (Å²) in [4.78, 5) is 8.19. The van der Waals surface area contributed by atoms with Crippen LogP contribution in [0.1, 0.15) is 5.56 Å². The van der Waals surface area contributed by atoms with E-state index in [2.05, 4.69) is 39.9 Å². The molecule has 280 valence electrons. The Hall–Kier alpha value is -5.52. The fourth-order valence-corrected chi connectivity index (χ4v) is 7.51. The summed E-state index contributed by atoms with van der Waals surface area (Å²) in [5.74, 6) is 0.637. The molecule has 0 spiro atoms. The van der Waals surface area contributed by atoms with Gasteiger partial charge in [-0.05, 0) is 60.3 Å². The molecule has 5 N–H and O–H groups in total. The van der Waals surface area contributed by atoms with Crippen molar-refractivity contribution in [3.05, 3.63) is 96.6 Å². The quantitative estimate of drug-likeness (QED) is 0.0240. The number of aryl methyl sites for hydroxylation is 1. The van der Waals surface area contributed by atoms with Gasteiger partial charge in [0, 0.05) is 32.7 Å². The van der Waals surface area contributed by atoms with Crippen molar-refractivity contribution in [2.45, 2.75) is 21.6 Å². The number of benzene rings is 6. The van der Waals surface area contributed by atoms with Crippen LogP contribution in [-0.4, -0.2) is 45.7 Å². The predicted octanol–water partition coefficient (Wildman–Crippen LogP) is 10.5. The van der Waals surface area contributed by atoms with E-state index < -0.39 is 10.1 Å². The third-order valence-electron chi connectivity index (χ3n) is 8.25. The number of fused-ring (bicyclic) bond motifs is 4. The number of azo groups is 2. The fraction of sp³-hybridized carbons (Fsp3) is 0.0571. The molecule has 55 heavy (non-hydrogen) atoms. The summed E-state index contributed by atoms with van der Waals surface area (Å²) in [5.41, 5.74) is 3.54. The van der Waals surface area contributed by atoms with Crippen LogP contribution < -0.4 is 4.74 Å². The lowest BCUT2D eigenvalue weighted by Crippen LogP contribution is -1.99.